The summed E-state index contributed by atoms with van der Waals surface area (Å²) >= 11 is 0. The number of rotatable bonds is 3. The van der Waals surface area contributed by atoms with E-state index in [9.17, 15) is 10.1 Å². The molecule has 0 saturated heterocycles. The van der Waals surface area contributed by atoms with E-state index in [2.05, 4.69) is 5.32 Å². The molecule has 3 rings (SSSR count). The molecule has 1 heterocycles. The summed E-state index contributed by atoms with van der Waals surface area (Å²) in [5.74, 6) is 0.821. The van der Waals surface area contributed by atoms with Crippen molar-refractivity contribution in [1.82, 2.24) is 0 Å². The maximum Gasteiger partial charge on any atom is 0.266 e. The van der Waals surface area contributed by atoms with Crippen LogP contribution in [0.3, 0.4) is 0 Å². The van der Waals surface area contributed by atoms with Gasteiger partial charge in [0.25, 0.3) is 5.91 Å². The molecule has 0 fully saturated rings. The van der Waals surface area contributed by atoms with Gasteiger partial charge in [-0.1, -0.05) is 12.1 Å². The number of ether oxygens (including phenoxy) is 2. The molecule has 1 amide bonds. The van der Waals surface area contributed by atoms with Gasteiger partial charge in [-0.15, -0.1) is 0 Å². The highest BCUT2D eigenvalue weighted by molar-refractivity contribution is 6.09. The number of benzene rings is 2. The number of nitrogens with zero attached hydrogens (tertiary/aromatic N) is 1. The third kappa shape index (κ3) is 3.39. The Bertz CT molecular complexity index is 858. The number of hydrogen-bond acceptors (Lipinski definition) is 4. The van der Waals surface area contributed by atoms with Crippen LogP contribution in [0.4, 0.5) is 5.69 Å². The van der Waals surface area contributed by atoms with Crippen molar-refractivity contribution in [2.24, 2.45) is 0 Å². The molecule has 0 bridgehead atoms. The van der Waals surface area contributed by atoms with Crippen LogP contribution in [-0.4, -0.2) is 12.7 Å². The first-order chi connectivity index (χ1) is 11.5. The average molecular weight is 320 g/mol. The molecular formula is C19H16N2O3. The van der Waals surface area contributed by atoms with Crippen LogP contribution in [0.1, 0.15) is 16.7 Å². The van der Waals surface area contributed by atoms with Crippen LogP contribution in [0.5, 0.6) is 11.5 Å². The lowest BCUT2D eigenvalue weighted by Gasteiger charge is -2.07. The molecule has 0 saturated carbocycles. The van der Waals surface area contributed by atoms with Gasteiger partial charge in [0.2, 0.25) is 6.79 Å². The van der Waals surface area contributed by atoms with Gasteiger partial charge >= 0.3 is 0 Å². The van der Waals surface area contributed by atoms with E-state index >= 15 is 0 Å². The highest BCUT2D eigenvalue weighted by Gasteiger charge is 2.14. The van der Waals surface area contributed by atoms with Crippen LogP contribution in [0.2, 0.25) is 0 Å². The summed E-state index contributed by atoms with van der Waals surface area (Å²) in [6.07, 6.45) is 1.53. The second kappa shape index (κ2) is 6.47. The van der Waals surface area contributed by atoms with Crippen LogP contribution in [0, 0.1) is 25.2 Å². The number of amides is 1. The minimum Gasteiger partial charge on any atom is -0.454 e. The molecule has 0 unspecified atom stereocenters. The summed E-state index contributed by atoms with van der Waals surface area (Å²) in [6.45, 7) is 4.09. The van der Waals surface area contributed by atoms with Crippen molar-refractivity contribution < 1.29 is 14.3 Å². The van der Waals surface area contributed by atoms with E-state index in [0.717, 1.165) is 11.1 Å². The Morgan fingerprint density at radius 2 is 1.83 bits per heavy atom. The SMILES string of the molecule is Cc1cc(C)cc(NC(=O)C(C#N)=Cc2ccc3c(c2)OCO3)c1. The van der Waals surface area contributed by atoms with E-state index in [0.29, 0.717) is 22.7 Å². The summed E-state index contributed by atoms with van der Waals surface area (Å²) in [5, 5.41) is 12.1. The van der Waals surface area contributed by atoms with Gasteiger partial charge in [0.05, 0.1) is 0 Å². The van der Waals surface area contributed by atoms with Crippen LogP contribution in [-0.2, 0) is 4.79 Å². The van der Waals surface area contributed by atoms with Gasteiger partial charge in [0.1, 0.15) is 11.6 Å². The highest BCUT2D eigenvalue weighted by Crippen LogP contribution is 2.33. The quantitative estimate of drug-likeness (QED) is 0.693. The van der Waals surface area contributed by atoms with E-state index < -0.39 is 5.91 Å². The number of aryl methyl sites for hydroxylation is 2. The van der Waals surface area contributed by atoms with Crippen molar-refractivity contribution in [2.75, 3.05) is 12.1 Å². The molecule has 120 valence electrons. The fourth-order valence-corrected chi connectivity index (χ4v) is 2.56. The molecular weight excluding hydrogens is 304 g/mol. The Labute approximate surface area is 140 Å². The molecule has 2 aromatic carbocycles. The summed E-state index contributed by atoms with van der Waals surface area (Å²) < 4.78 is 10.5. The van der Waals surface area contributed by atoms with Crippen LogP contribution in [0.25, 0.3) is 6.08 Å². The van der Waals surface area contributed by atoms with Crippen molar-refractivity contribution in [3.63, 3.8) is 0 Å². The van der Waals surface area contributed by atoms with Crippen LogP contribution >= 0.6 is 0 Å². The topological polar surface area (TPSA) is 71.4 Å². The number of anilines is 1. The molecule has 5 nitrogen and oxygen atoms in total. The van der Waals surface area contributed by atoms with Crippen LogP contribution < -0.4 is 14.8 Å². The van der Waals surface area contributed by atoms with Gasteiger partial charge in [0.15, 0.2) is 11.5 Å². The molecule has 0 radical (unpaired) electrons. The maximum absolute atomic E-state index is 12.3. The number of carbonyl (C=O) groups is 1. The molecule has 1 aliphatic heterocycles. The first-order valence-electron chi connectivity index (χ1n) is 7.46. The predicted molar refractivity (Wildman–Crippen MR) is 90.7 cm³/mol. The zero-order valence-corrected chi connectivity index (χ0v) is 13.4. The van der Waals surface area contributed by atoms with Gasteiger partial charge in [0, 0.05) is 5.69 Å². The van der Waals surface area contributed by atoms with Crippen molar-refractivity contribution >= 4 is 17.7 Å². The lowest BCUT2D eigenvalue weighted by Crippen LogP contribution is -2.13. The Balaban J connectivity index is 1.82. The fourth-order valence-electron chi connectivity index (χ4n) is 2.56. The molecule has 5 heteroatoms. The zero-order valence-electron chi connectivity index (χ0n) is 13.4. The maximum atomic E-state index is 12.3. The van der Waals surface area contributed by atoms with E-state index in [-0.39, 0.29) is 12.4 Å². The normalized spacial score (nSPS) is 12.6. The summed E-state index contributed by atoms with van der Waals surface area (Å²) in [5.41, 5.74) is 3.48. The smallest absolute Gasteiger partial charge is 0.266 e. The van der Waals surface area contributed by atoms with Gasteiger partial charge in [-0.2, -0.15) is 5.26 Å². The lowest BCUT2D eigenvalue weighted by atomic mass is 10.1. The molecule has 24 heavy (non-hydrogen) atoms. The molecule has 0 spiro atoms. The van der Waals surface area contributed by atoms with E-state index in [4.69, 9.17) is 9.47 Å². The Hall–Kier alpha value is -3.26. The fraction of sp³-hybridized carbons (Fsp3) is 0.158. The largest absolute Gasteiger partial charge is 0.454 e. The molecule has 1 aliphatic rings. The summed E-state index contributed by atoms with van der Waals surface area (Å²) in [7, 11) is 0. The second-order valence-electron chi connectivity index (χ2n) is 5.61. The minimum atomic E-state index is -0.444. The third-order valence-corrected chi connectivity index (χ3v) is 3.55. The van der Waals surface area contributed by atoms with Crippen molar-refractivity contribution in [2.45, 2.75) is 13.8 Å². The van der Waals surface area contributed by atoms with E-state index in [1.165, 1.54) is 6.08 Å². The third-order valence-electron chi connectivity index (χ3n) is 3.55. The van der Waals surface area contributed by atoms with Crippen molar-refractivity contribution in [3.8, 4) is 17.6 Å². The summed E-state index contributed by atoms with van der Waals surface area (Å²) in [4.78, 5) is 12.3. The lowest BCUT2D eigenvalue weighted by molar-refractivity contribution is -0.112. The van der Waals surface area contributed by atoms with E-state index in [1.807, 2.05) is 38.1 Å². The van der Waals surface area contributed by atoms with E-state index in [1.54, 1.807) is 18.2 Å². The number of fused-ring (bicyclic) bond motifs is 1. The predicted octanol–water partition coefficient (Wildman–Crippen LogP) is 3.58. The van der Waals surface area contributed by atoms with Crippen molar-refractivity contribution in [1.29, 1.82) is 5.26 Å². The first kappa shape index (κ1) is 15.6. The Kier molecular flexibility index (Phi) is 4.21. The summed E-state index contributed by atoms with van der Waals surface area (Å²) in [6, 6.07) is 13.0. The Morgan fingerprint density at radius 1 is 1.12 bits per heavy atom. The molecule has 0 atom stereocenters. The number of nitriles is 1. The zero-order chi connectivity index (χ0) is 17.1. The van der Waals surface area contributed by atoms with Gasteiger partial charge in [-0.25, -0.2) is 0 Å². The first-order valence-corrected chi connectivity index (χ1v) is 7.46. The monoisotopic (exact) mass is 320 g/mol. The molecule has 0 aromatic heterocycles. The average Bonchev–Trinajstić information content (AvgIpc) is 2.99. The van der Waals surface area contributed by atoms with Gasteiger partial charge in [-0.3, -0.25) is 4.79 Å². The van der Waals surface area contributed by atoms with Crippen LogP contribution in [0.15, 0.2) is 42.0 Å². The molecule has 1 N–H and O–H groups in total. The molecule has 2 aromatic rings. The number of hydrogen-bond donors (Lipinski definition) is 1. The van der Waals surface area contributed by atoms with Crippen molar-refractivity contribution in [3.05, 3.63) is 58.7 Å². The number of carbonyl (C=O) groups excluding carboxylic acids is 1. The Morgan fingerprint density at radius 3 is 2.54 bits per heavy atom. The highest BCUT2D eigenvalue weighted by atomic mass is 16.7. The number of nitrogens with one attached hydrogen (secondary N) is 1. The molecule has 0 aliphatic carbocycles. The second-order valence-corrected chi connectivity index (χ2v) is 5.61. The minimum absolute atomic E-state index is 0.0213. The van der Waals surface area contributed by atoms with Gasteiger partial charge in [-0.05, 0) is 60.9 Å². The van der Waals surface area contributed by atoms with Gasteiger partial charge < -0.3 is 14.8 Å². The standard InChI is InChI=1S/C19H16N2O3/c1-12-5-13(2)7-16(6-12)21-19(22)15(10-20)8-14-3-4-17-18(9-14)24-11-23-17/h3-9H,11H2,1-2H3,(H,21,22).